The van der Waals surface area contributed by atoms with Gasteiger partial charge in [0.25, 0.3) is 0 Å². The Morgan fingerprint density at radius 3 is 2.09 bits per heavy atom. The van der Waals surface area contributed by atoms with Gasteiger partial charge in [0.1, 0.15) is 23.9 Å². The van der Waals surface area contributed by atoms with Crippen LogP contribution in [0.2, 0.25) is 0 Å². The van der Waals surface area contributed by atoms with Crippen LogP contribution in [0.25, 0.3) is 0 Å². The molecule has 8 nitrogen and oxygen atoms in total. The molecule has 0 unspecified atom stereocenters. The fraction of sp³-hybridized carbons (Fsp3) is 0.435. The molecule has 1 aliphatic heterocycles. The Hall–Kier alpha value is -2.78. The van der Waals surface area contributed by atoms with E-state index < -0.39 is 10.0 Å². The minimum atomic E-state index is -3.42. The Balaban J connectivity index is 1.29. The van der Waals surface area contributed by atoms with E-state index >= 15 is 0 Å². The van der Waals surface area contributed by atoms with Crippen molar-refractivity contribution >= 4 is 15.9 Å². The number of nitrogens with one attached hydrogen (secondary N) is 1. The summed E-state index contributed by atoms with van der Waals surface area (Å²) in [7, 11) is -1.81. The quantitative estimate of drug-likeness (QED) is 0.488. The molecule has 2 aromatic carbocycles. The van der Waals surface area contributed by atoms with Gasteiger partial charge < -0.3 is 19.5 Å². The van der Waals surface area contributed by atoms with Crippen LogP contribution in [-0.4, -0.2) is 58.6 Å². The minimum absolute atomic E-state index is 0.0704. The van der Waals surface area contributed by atoms with Crippen molar-refractivity contribution < 1.29 is 27.4 Å². The van der Waals surface area contributed by atoms with Crippen molar-refractivity contribution in [3.63, 3.8) is 0 Å². The standard InChI is InChI=1S/C23H30N2O6S/c1-29-19-6-8-20(9-7-19)30-17-4-5-23(26)24-14-18-31-21-10-12-22(13-11-21)32(27,28)25-15-2-3-16-25/h6-13H,2-5,14-18H2,1H3,(H,24,26). The number of carbonyl (C=O) groups excluding carboxylic acids is 1. The second kappa shape index (κ2) is 11.7. The van der Waals surface area contributed by atoms with Gasteiger partial charge in [0.15, 0.2) is 0 Å². The molecule has 0 saturated carbocycles. The molecule has 0 aromatic heterocycles. The normalized spacial score (nSPS) is 14.2. The molecule has 32 heavy (non-hydrogen) atoms. The number of hydrogen-bond donors (Lipinski definition) is 1. The largest absolute Gasteiger partial charge is 0.497 e. The lowest BCUT2D eigenvalue weighted by Crippen LogP contribution is -2.28. The van der Waals surface area contributed by atoms with Crippen LogP contribution in [0.4, 0.5) is 0 Å². The summed E-state index contributed by atoms with van der Waals surface area (Å²) in [4.78, 5) is 12.2. The first-order valence-electron chi connectivity index (χ1n) is 10.8. The van der Waals surface area contributed by atoms with Crippen molar-refractivity contribution in [2.45, 2.75) is 30.6 Å². The van der Waals surface area contributed by atoms with E-state index in [0.29, 0.717) is 51.4 Å². The molecule has 2 aromatic rings. The van der Waals surface area contributed by atoms with Gasteiger partial charge >= 0.3 is 0 Å². The SMILES string of the molecule is COc1ccc(OCCCC(=O)NCCOc2ccc(S(=O)(=O)N3CCCC3)cc2)cc1. The molecule has 1 heterocycles. The molecule has 0 atom stereocenters. The van der Waals surface area contributed by atoms with Gasteiger partial charge in [0.2, 0.25) is 15.9 Å². The van der Waals surface area contributed by atoms with Gasteiger partial charge in [-0.25, -0.2) is 8.42 Å². The van der Waals surface area contributed by atoms with Crippen LogP contribution in [0.3, 0.4) is 0 Å². The smallest absolute Gasteiger partial charge is 0.243 e. The van der Waals surface area contributed by atoms with Gasteiger partial charge in [0.05, 0.1) is 25.2 Å². The van der Waals surface area contributed by atoms with Gasteiger partial charge in [-0.05, 0) is 67.8 Å². The van der Waals surface area contributed by atoms with Gasteiger partial charge in [0, 0.05) is 19.5 Å². The first-order chi connectivity index (χ1) is 15.5. The molecule has 0 spiro atoms. The fourth-order valence-electron chi connectivity index (χ4n) is 3.33. The van der Waals surface area contributed by atoms with Crippen LogP contribution >= 0.6 is 0 Å². The average Bonchev–Trinajstić information content (AvgIpc) is 3.36. The predicted molar refractivity (Wildman–Crippen MR) is 121 cm³/mol. The minimum Gasteiger partial charge on any atom is -0.497 e. The molecule has 3 rings (SSSR count). The maximum absolute atomic E-state index is 12.5. The number of carbonyl (C=O) groups is 1. The Labute approximate surface area is 189 Å². The molecule has 174 valence electrons. The number of rotatable bonds is 12. The third-order valence-corrected chi connectivity index (χ3v) is 7.01. The summed E-state index contributed by atoms with van der Waals surface area (Å²) in [5, 5.41) is 2.80. The van der Waals surface area contributed by atoms with Crippen LogP contribution in [0.15, 0.2) is 53.4 Å². The molecular weight excluding hydrogens is 432 g/mol. The Kier molecular flexibility index (Phi) is 8.75. The fourth-order valence-corrected chi connectivity index (χ4v) is 4.84. The van der Waals surface area contributed by atoms with Gasteiger partial charge in [-0.1, -0.05) is 0 Å². The highest BCUT2D eigenvalue weighted by Gasteiger charge is 2.26. The van der Waals surface area contributed by atoms with Gasteiger partial charge in [-0.15, -0.1) is 0 Å². The Morgan fingerprint density at radius 1 is 0.906 bits per heavy atom. The zero-order chi connectivity index (χ0) is 22.8. The lowest BCUT2D eigenvalue weighted by atomic mass is 10.3. The van der Waals surface area contributed by atoms with E-state index in [1.54, 1.807) is 31.4 Å². The molecule has 1 N–H and O–H groups in total. The molecule has 9 heteroatoms. The molecule has 1 saturated heterocycles. The van der Waals surface area contributed by atoms with E-state index in [1.165, 1.54) is 4.31 Å². The number of hydrogen-bond acceptors (Lipinski definition) is 6. The summed E-state index contributed by atoms with van der Waals surface area (Å²) >= 11 is 0. The topological polar surface area (TPSA) is 94.2 Å². The summed E-state index contributed by atoms with van der Waals surface area (Å²) in [5.41, 5.74) is 0. The van der Waals surface area contributed by atoms with Crippen molar-refractivity contribution in [1.29, 1.82) is 0 Å². The van der Waals surface area contributed by atoms with E-state index in [-0.39, 0.29) is 10.8 Å². The van der Waals surface area contributed by atoms with Gasteiger partial charge in [-0.2, -0.15) is 4.31 Å². The van der Waals surface area contributed by atoms with Crippen molar-refractivity contribution in [3.8, 4) is 17.2 Å². The third kappa shape index (κ3) is 6.86. The summed E-state index contributed by atoms with van der Waals surface area (Å²) in [6.45, 7) is 2.27. The highest BCUT2D eigenvalue weighted by atomic mass is 32.2. The van der Waals surface area contributed by atoms with E-state index in [1.807, 2.05) is 24.3 Å². The van der Waals surface area contributed by atoms with Crippen molar-refractivity contribution in [1.82, 2.24) is 9.62 Å². The second-order valence-corrected chi connectivity index (χ2v) is 9.35. The molecule has 0 aliphatic carbocycles. The van der Waals surface area contributed by atoms with Crippen molar-refractivity contribution in [2.24, 2.45) is 0 Å². The Morgan fingerprint density at radius 2 is 1.47 bits per heavy atom. The molecule has 0 radical (unpaired) electrons. The summed E-state index contributed by atoms with van der Waals surface area (Å²) in [5.74, 6) is 1.99. The zero-order valence-electron chi connectivity index (χ0n) is 18.3. The number of ether oxygens (including phenoxy) is 3. The lowest BCUT2D eigenvalue weighted by Gasteiger charge is -2.15. The van der Waals surface area contributed by atoms with Crippen molar-refractivity contribution in [3.05, 3.63) is 48.5 Å². The molecule has 1 amide bonds. The van der Waals surface area contributed by atoms with E-state index in [4.69, 9.17) is 14.2 Å². The average molecular weight is 463 g/mol. The summed E-state index contributed by atoms with van der Waals surface area (Å²) in [6.07, 6.45) is 2.77. The van der Waals surface area contributed by atoms with Gasteiger partial charge in [-0.3, -0.25) is 4.79 Å². The van der Waals surface area contributed by atoms with Crippen LogP contribution in [0, 0.1) is 0 Å². The van der Waals surface area contributed by atoms with Crippen LogP contribution in [0.1, 0.15) is 25.7 Å². The maximum Gasteiger partial charge on any atom is 0.243 e. The summed E-state index contributed by atoms with van der Waals surface area (Å²) in [6, 6.07) is 13.7. The van der Waals surface area contributed by atoms with E-state index in [2.05, 4.69) is 5.32 Å². The highest BCUT2D eigenvalue weighted by Crippen LogP contribution is 2.23. The number of sulfonamides is 1. The number of nitrogens with zero attached hydrogens (tertiary/aromatic N) is 1. The first-order valence-corrected chi connectivity index (χ1v) is 12.2. The lowest BCUT2D eigenvalue weighted by molar-refractivity contribution is -0.121. The molecular formula is C23H30N2O6S. The second-order valence-electron chi connectivity index (χ2n) is 7.41. The van der Waals surface area contributed by atoms with Crippen LogP contribution in [-0.2, 0) is 14.8 Å². The first kappa shape index (κ1) is 23.9. The predicted octanol–water partition coefficient (Wildman–Crippen LogP) is 2.83. The monoisotopic (exact) mass is 462 g/mol. The maximum atomic E-state index is 12.5. The third-order valence-electron chi connectivity index (χ3n) is 5.10. The highest BCUT2D eigenvalue weighted by molar-refractivity contribution is 7.89. The van der Waals surface area contributed by atoms with E-state index in [9.17, 15) is 13.2 Å². The molecule has 1 fully saturated rings. The molecule has 1 aliphatic rings. The van der Waals surface area contributed by atoms with Crippen molar-refractivity contribution in [2.75, 3.05) is 40.0 Å². The zero-order valence-corrected chi connectivity index (χ0v) is 19.1. The number of benzene rings is 2. The number of amides is 1. The van der Waals surface area contributed by atoms with E-state index in [0.717, 1.165) is 24.3 Å². The number of methoxy groups -OCH3 is 1. The van der Waals surface area contributed by atoms with Crippen LogP contribution in [0.5, 0.6) is 17.2 Å². The molecule has 0 bridgehead atoms. The Bertz CT molecular complexity index is 955. The summed E-state index contributed by atoms with van der Waals surface area (Å²) < 4.78 is 42.8. The van der Waals surface area contributed by atoms with Crippen LogP contribution < -0.4 is 19.5 Å².